The van der Waals surface area contributed by atoms with Crippen LogP contribution in [0, 0.1) is 0 Å². The normalized spacial score (nSPS) is 13.2. The summed E-state index contributed by atoms with van der Waals surface area (Å²) in [5.74, 6) is 0. The third-order valence-electron chi connectivity index (χ3n) is 3.69. The molecule has 0 saturated carbocycles. The van der Waals surface area contributed by atoms with E-state index in [1.807, 2.05) is 6.08 Å². The first-order valence-electron chi connectivity index (χ1n) is 8.66. The van der Waals surface area contributed by atoms with Crippen LogP contribution in [0.1, 0.15) is 97.3 Å². The first kappa shape index (κ1) is 18.7. The van der Waals surface area contributed by atoms with E-state index in [0.29, 0.717) is 0 Å². The lowest BCUT2D eigenvalue weighted by Gasteiger charge is -2.03. The molecule has 114 valence electrons. The molecule has 0 spiro atoms. The molecule has 19 heavy (non-hydrogen) atoms. The lowest BCUT2D eigenvalue weighted by atomic mass is 10.1. The summed E-state index contributed by atoms with van der Waals surface area (Å²) in [6.45, 7) is 4.44. The van der Waals surface area contributed by atoms with E-state index < -0.39 is 0 Å². The number of unbranched alkanes of at least 4 members (excludes halogenated alkanes) is 10. The van der Waals surface area contributed by atoms with Crippen molar-refractivity contribution in [1.82, 2.24) is 0 Å². The summed E-state index contributed by atoms with van der Waals surface area (Å²) in [6.07, 6.45) is 20.8. The molecule has 1 unspecified atom stereocenters. The maximum atomic E-state index is 9.64. The highest BCUT2D eigenvalue weighted by Crippen LogP contribution is 2.11. The van der Waals surface area contributed by atoms with E-state index in [9.17, 15) is 5.11 Å². The van der Waals surface area contributed by atoms with E-state index in [0.717, 1.165) is 19.3 Å². The van der Waals surface area contributed by atoms with Crippen molar-refractivity contribution in [3.63, 3.8) is 0 Å². The second kappa shape index (κ2) is 15.8. The van der Waals surface area contributed by atoms with Crippen molar-refractivity contribution < 1.29 is 5.11 Å². The van der Waals surface area contributed by atoms with Crippen LogP contribution in [0.25, 0.3) is 0 Å². The first-order chi connectivity index (χ1) is 9.31. The van der Waals surface area contributed by atoms with E-state index in [4.69, 9.17) is 0 Å². The van der Waals surface area contributed by atoms with Gasteiger partial charge in [-0.2, -0.15) is 0 Å². The average Bonchev–Trinajstić information content (AvgIpc) is 2.42. The fourth-order valence-electron chi connectivity index (χ4n) is 2.34. The summed E-state index contributed by atoms with van der Waals surface area (Å²) in [5.41, 5.74) is 0. The Bertz CT molecular complexity index is 186. The molecule has 0 aromatic rings. The Labute approximate surface area is 121 Å². The number of hydrogen-bond acceptors (Lipinski definition) is 1. The minimum Gasteiger partial charge on any atom is -0.389 e. The lowest BCUT2D eigenvalue weighted by Crippen LogP contribution is -2.00. The number of hydrogen-bond donors (Lipinski definition) is 1. The monoisotopic (exact) mass is 268 g/mol. The smallest absolute Gasteiger partial charge is 0.0720 e. The number of allylic oxidation sites excluding steroid dienone is 1. The minimum absolute atomic E-state index is 0.210. The van der Waals surface area contributed by atoms with Gasteiger partial charge in [0.05, 0.1) is 6.10 Å². The second-order valence-electron chi connectivity index (χ2n) is 5.75. The third-order valence-corrected chi connectivity index (χ3v) is 3.69. The Morgan fingerprint density at radius 1 is 0.737 bits per heavy atom. The van der Waals surface area contributed by atoms with E-state index in [1.54, 1.807) is 0 Å². The molecule has 1 nitrogen and oxygen atoms in total. The highest BCUT2D eigenvalue weighted by atomic mass is 16.3. The van der Waals surface area contributed by atoms with Gasteiger partial charge in [0.15, 0.2) is 0 Å². The van der Waals surface area contributed by atoms with Crippen LogP contribution in [0.5, 0.6) is 0 Å². The van der Waals surface area contributed by atoms with Gasteiger partial charge >= 0.3 is 0 Å². The molecule has 0 aliphatic heterocycles. The molecule has 1 atom stereocenters. The standard InChI is InChI=1S/C18H36O/c1-3-5-7-8-9-10-11-12-13-14-15-17-18(19)16-6-4-2/h15,17-19H,3-14,16H2,1-2H3. The van der Waals surface area contributed by atoms with Crippen LogP contribution in [0.3, 0.4) is 0 Å². The lowest BCUT2D eigenvalue weighted by molar-refractivity contribution is 0.209. The maximum absolute atomic E-state index is 9.64. The van der Waals surface area contributed by atoms with Gasteiger partial charge in [-0.05, 0) is 19.3 Å². The summed E-state index contributed by atoms with van der Waals surface area (Å²) in [5, 5.41) is 9.64. The number of aliphatic hydroxyl groups excluding tert-OH is 1. The highest BCUT2D eigenvalue weighted by molar-refractivity contribution is 4.88. The molecule has 1 N–H and O–H groups in total. The van der Waals surface area contributed by atoms with Crippen LogP contribution < -0.4 is 0 Å². The molecule has 0 heterocycles. The molecule has 0 aliphatic rings. The predicted octanol–water partition coefficient (Wildman–Crippen LogP) is 6.01. The molecule has 0 fully saturated rings. The van der Waals surface area contributed by atoms with Gasteiger partial charge in [0, 0.05) is 0 Å². The SMILES string of the molecule is CCCCCCCCCCCC=CC(O)CCCC. The highest BCUT2D eigenvalue weighted by Gasteiger charge is 1.96. The minimum atomic E-state index is -0.210. The fraction of sp³-hybridized carbons (Fsp3) is 0.889. The zero-order chi connectivity index (χ0) is 14.2. The van der Waals surface area contributed by atoms with Crippen LogP contribution in [0.4, 0.5) is 0 Å². The van der Waals surface area contributed by atoms with Crippen LogP contribution in [0.2, 0.25) is 0 Å². The molecular formula is C18H36O. The van der Waals surface area contributed by atoms with E-state index in [-0.39, 0.29) is 6.10 Å². The van der Waals surface area contributed by atoms with Crippen LogP contribution >= 0.6 is 0 Å². The van der Waals surface area contributed by atoms with Crippen LogP contribution in [-0.2, 0) is 0 Å². The molecule has 0 aromatic carbocycles. The summed E-state index contributed by atoms with van der Waals surface area (Å²) >= 11 is 0. The van der Waals surface area contributed by atoms with Crippen molar-refractivity contribution in [3.05, 3.63) is 12.2 Å². The Morgan fingerprint density at radius 2 is 1.26 bits per heavy atom. The molecule has 0 bridgehead atoms. The molecule has 0 radical (unpaired) electrons. The number of aliphatic hydroxyl groups is 1. The quantitative estimate of drug-likeness (QED) is 0.302. The zero-order valence-corrected chi connectivity index (χ0v) is 13.4. The van der Waals surface area contributed by atoms with Gasteiger partial charge in [0.1, 0.15) is 0 Å². The fourth-order valence-corrected chi connectivity index (χ4v) is 2.34. The van der Waals surface area contributed by atoms with Gasteiger partial charge in [0.25, 0.3) is 0 Å². The molecule has 0 saturated heterocycles. The Kier molecular flexibility index (Phi) is 15.5. The van der Waals surface area contributed by atoms with Crippen molar-refractivity contribution in [1.29, 1.82) is 0 Å². The molecule has 0 aromatic heterocycles. The van der Waals surface area contributed by atoms with Gasteiger partial charge in [-0.1, -0.05) is 90.2 Å². The van der Waals surface area contributed by atoms with Crippen molar-refractivity contribution in [3.8, 4) is 0 Å². The zero-order valence-electron chi connectivity index (χ0n) is 13.4. The summed E-state index contributed by atoms with van der Waals surface area (Å²) in [7, 11) is 0. The van der Waals surface area contributed by atoms with Gasteiger partial charge in [-0.15, -0.1) is 0 Å². The maximum Gasteiger partial charge on any atom is 0.0720 e. The molecular weight excluding hydrogens is 232 g/mol. The summed E-state index contributed by atoms with van der Waals surface area (Å²) < 4.78 is 0. The van der Waals surface area contributed by atoms with E-state index in [1.165, 1.54) is 64.2 Å². The third kappa shape index (κ3) is 15.6. The van der Waals surface area contributed by atoms with E-state index >= 15 is 0 Å². The van der Waals surface area contributed by atoms with Crippen molar-refractivity contribution in [2.24, 2.45) is 0 Å². The molecule has 1 heteroatoms. The van der Waals surface area contributed by atoms with Crippen LogP contribution in [-0.4, -0.2) is 11.2 Å². The second-order valence-corrected chi connectivity index (χ2v) is 5.75. The summed E-state index contributed by atoms with van der Waals surface area (Å²) in [6, 6.07) is 0. The summed E-state index contributed by atoms with van der Waals surface area (Å²) in [4.78, 5) is 0. The van der Waals surface area contributed by atoms with Crippen molar-refractivity contribution in [2.75, 3.05) is 0 Å². The predicted molar refractivity (Wildman–Crippen MR) is 86.5 cm³/mol. The number of rotatable bonds is 14. The van der Waals surface area contributed by atoms with E-state index in [2.05, 4.69) is 19.9 Å². The molecule has 0 amide bonds. The van der Waals surface area contributed by atoms with Crippen molar-refractivity contribution >= 4 is 0 Å². The Hall–Kier alpha value is -0.300. The largest absolute Gasteiger partial charge is 0.389 e. The van der Waals surface area contributed by atoms with Gasteiger partial charge in [0.2, 0.25) is 0 Å². The topological polar surface area (TPSA) is 20.2 Å². The van der Waals surface area contributed by atoms with Crippen LogP contribution in [0.15, 0.2) is 12.2 Å². The Morgan fingerprint density at radius 3 is 1.84 bits per heavy atom. The van der Waals surface area contributed by atoms with Crippen molar-refractivity contribution in [2.45, 2.75) is 103 Å². The van der Waals surface area contributed by atoms with Gasteiger partial charge in [-0.25, -0.2) is 0 Å². The van der Waals surface area contributed by atoms with Gasteiger partial charge < -0.3 is 5.11 Å². The molecule has 0 aliphatic carbocycles. The van der Waals surface area contributed by atoms with Gasteiger partial charge in [-0.3, -0.25) is 0 Å². The Balaban J connectivity index is 3.15. The molecule has 0 rings (SSSR count). The first-order valence-corrected chi connectivity index (χ1v) is 8.66. The average molecular weight is 268 g/mol.